The number of nitrogens with zero attached hydrogens (tertiary/aromatic N) is 6. The number of carbonyl (C=O) groups excluding carboxylic acids is 1. The Balaban J connectivity index is 1.56. The summed E-state index contributed by atoms with van der Waals surface area (Å²) in [4.78, 5) is 14.5. The predicted octanol–water partition coefficient (Wildman–Crippen LogP) is 5.04. The van der Waals surface area contributed by atoms with Crippen LogP contribution in [-0.4, -0.2) is 42.5 Å². The van der Waals surface area contributed by atoms with E-state index in [0.717, 1.165) is 10.7 Å². The van der Waals surface area contributed by atoms with Crippen LogP contribution in [0.15, 0.2) is 59.1 Å². The summed E-state index contributed by atoms with van der Waals surface area (Å²) >= 11 is 6.17. The van der Waals surface area contributed by atoms with Crippen LogP contribution in [0.1, 0.15) is 35.3 Å². The number of alkyl halides is 3. The summed E-state index contributed by atoms with van der Waals surface area (Å²) in [5.41, 5.74) is -0.675. The van der Waals surface area contributed by atoms with E-state index in [4.69, 9.17) is 16.0 Å². The summed E-state index contributed by atoms with van der Waals surface area (Å²) in [6.07, 6.45) is -2.81. The van der Waals surface area contributed by atoms with Crippen molar-refractivity contribution in [1.82, 2.24) is 30.1 Å². The second kappa shape index (κ2) is 9.64. The van der Waals surface area contributed by atoms with Crippen LogP contribution in [-0.2, 0) is 12.7 Å². The van der Waals surface area contributed by atoms with Crippen LogP contribution in [0, 0.1) is 0 Å². The lowest BCUT2D eigenvalue weighted by molar-refractivity contribution is -0.137. The van der Waals surface area contributed by atoms with E-state index in [-0.39, 0.29) is 29.7 Å². The van der Waals surface area contributed by atoms with Crippen molar-refractivity contribution in [3.05, 3.63) is 76.9 Å². The summed E-state index contributed by atoms with van der Waals surface area (Å²) in [6.45, 7) is 2.18. The molecule has 176 valence electrons. The fourth-order valence-electron chi connectivity index (χ4n) is 3.30. The van der Waals surface area contributed by atoms with E-state index in [1.165, 1.54) is 29.3 Å². The predicted molar refractivity (Wildman–Crippen MR) is 116 cm³/mol. The first-order chi connectivity index (χ1) is 16.3. The molecule has 2 aromatic carbocycles. The van der Waals surface area contributed by atoms with Crippen molar-refractivity contribution in [2.75, 3.05) is 6.54 Å². The molecule has 8 nitrogen and oxygen atoms in total. The molecule has 0 atom stereocenters. The van der Waals surface area contributed by atoms with E-state index < -0.39 is 17.6 Å². The topological polar surface area (TPSA) is 89.9 Å². The highest BCUT2D eigenvalue weighted by atomic mass is 35.5. The Morgan fingerprint density at radius 2 is 1.82 bits per heavy atom. The van der Waals surface area contributed by atoms with Crippen LogP contribution < -0.4 is 0 Å². The Morgan fingerprint density at radius 3 is 2.56 bits per heavy atom. The minimum atomic E-state index is -4.59. The fourth-order valence-corrected chi connectivity index (χ4v) is 3.52. The first kappa shape index (κ1) is 23.4. The number of hydrogen-bond acceptors (Lipinski definition) is 6. The molecule has 0 aliphatic carbocycles. The average molecular weight is 491 g/mol. The van der Waals surface area contributed by atoms with E-state index in [1.807, 2.05) is 6.92 Å². The minimum Gasteiger partial charge on any atom is -0.419 e. The number of rotatable bonds is 7. The van der Waals surface area contributed by atoms with Crippen LogP contribution in [0.5, 0.6) is 0 Å². The van der Waals surface area contributed by atoms with Gasteiger partial charge in [-0.3, -0.25) is 4.79 Å². The van der Waals surface area contributed by atoms with E-state index in [1.54, 1.807) is 24.3 Å². The molecular weight excluding hydrogens is 473 g/mol. The summed E-state index contributed by atoms with van der Waals surface area (Å²) < 4.78 is 46.7. The smallest absolute Gasteiger partial charge is 0.418 e. The van der Waals surface area contributed by atoms with Gasteiger partial charge in [0.2, 0.25) is 11.8 Å². The van der Waals surface area contributed by atoms with E-state index in [9.17, 15) is 18.0 Å². The highest BCUT2D eigenvalue weighted by Gasteiger charge is 2.34. The van der Waals surface area contributed by atoms with Gasteiger partial charge in [0.15, 0.2) is 5.69 Å². The quantitative estimate of drug-likeness (QED) is 0.360. The van der Waals surface area contributed by atoms with Crippen molar-refractivity contribution in [2.24, 2.45) is 0 Å². The molecule has 0 radical (unpaired) electrons. The van der Waals surface area contributed by atoms with Crippen LogP contribution in [0.3, 0.4) is 0 Å². The molecule has 0 aliphatic heterocycles. The zero-order valence-corrected chi connectivity index (χ0v) is 18.6. The van der Waals surface area contributed by atoms with Crippen LogP contribution in [0.4, 0.5) is 13.2 Å². The van der Waals surface area contributed by atoms with E-state index in [0.29, 0.717) is 23.6 Å². The molecule has 2 heterocycles. The third kappa shape index (κ3) is 4.93. The summed E-state index contributed by atoms with van der Waals surface area (Å²) in [7, 11) is 0. The van der Waals surface area contributed by atoms with Crippen LogP contribution >= 0.6 is 11.6 Å². The Morgan fingerprint density at radius 1 is 1.09 bits per heavy atom. The number of amides is 1. The molecule has 0 unspecified atom stereocenters. The van der Waals surface area contributed by atoms with Gasteiger partial charge in [-0.25, -0.2) is 4.68 Å². The molecule has 4 aromatic rings. The molecule has 0 N–H and O–H groups in total. The molecule has 2 aromatic heterocycles. The van der Waals surface area contributed by atoms with Gasteiger partial charge in [0.1, 0.15) is 0 Å². The average Bonchev–Trinajstić information content (AvgIpc) is 3.48. The first-order valence-electron chi connectivity index (χ1n) is 10.2. The van der Waals surface area contributed by atoms with Gasteiger partial charge in [-0.15, -0.1) is 15.3 Å². The van der Waals surface area contributed by atoms with Crippen molar-refractivity contribution in [3.63, 3.8) is 0 Å². The van der Waals surface area contributed by atoms with Gasteiger partial charge < -0.3 is 9.32 Å². The lowest BCUT2D eigenvalue weighted by atomic mass is 10.1. The molecule has 4 rings (SSSR count). The summed E-state index contributed by atoms with van der Waals surface area (Å²) in [5, 5.41) is 16.0. The van der Waals surface area contributed by atoms with Crippen molar-refractivity contribution >= 4 is 17.5 Å². The van der Waals surface area contributed by atoms with Crippen molar-refractivity contribution < 1.29 is 22.4 Å². The molecular formula is C22H18ClF3N6O2. The van der Waals surface area contributed by atoms with Crippen LogP contribution in [0.2, 0.25) is 5.02 Å². The summed E-state index contributed by atoms with van der Waals surface area (Å²) in [5.74, 6) is -0.152. The Kier molecular flexibility index (Phi) is 6.64. The third-order valence-corrected chi connectivity index (χ3v) is 5.18. The maximum atomic E-state index is 13.4. The van der Waals surface area contributed by atoms with Gasteiger partial charge in [0.05, 0.1) is 34.6 Å². The molecule has 0 bridgehead atoms. The normalized spacial score (nSPS) is 11.6. The Hall–Kier alpha value is -3.73. The monoisotopic (exact) mass is 490 g/mol. The second-order valence-corrected chi connectivity index (χ2v) is 7.68. The van der Waals surface area contributed by atoms with Crippen molar-refractivity contribution in [2.45, 2.75) is 26.1 Å². The summed E-state index contributed by atoms with van der Waals surface area (Å²) in [6, 6.07) is 11.9. The van der Waals surface area contributed by atoms with Gasteiger partial charge >= 0.3 is 6.18 Å². The lowest BCUT2D eigenvalue weighted by Crippen LogP contribution is -2.31. The molecule has 34 heavy (non-hydrogen) atoms. The third-order valence-electron chi connectivity index (χ3n) is 4.85. The van der Waals surface area contributed by atoms with Gasteiger partial charge in [-0.05, 0) is 30.7 Å². The SMILES string of the molecule is CCCN(Cc1nnc(-c2ccccc2Cl)o1)C(=O)c1cn(-c2ccccc2C(F)(F)F)nn1. The van der Waals surface area contributed by atoms with Crippen LogP contribution in [0.25, 0.3) is 17.1 Å². The molecule has 0 saturated heterocycles. The zero-order chi connectivity index (χ0) is 24.3. The number of halogens is 4. The maximum absolute atomic E-state index is 13.4. The number of carbonyl (C=O) groups is 1. The first-order valence-corrected chi connectivity index (χ1v) is 10.6. The van der Waals surface area contributed by atoms with Gasteiger partial charge in [0.25, 0.3) is 5.91 Å². The standard InChI is InChI=1S/C22H18ClF3N6O2/c1-2-11-31(13-19-28-29-20(34-19)14-7-3-5-9-16(14)23)21(33)17-12-32(30-27-17)18-10-6-4-8-15(18)22(24,25)26/h3-10,12H,2,11,13H2,1H3. The Labute approximate surface area is 197 Å². The molecule has 0 aliphatic rings. The Bertz CT molecular complexity index is 1300. The van der Waals surface area contributed by atoms with Crippen molar-refractivity contribution in [1.29, 1.82) is 0 Å². The molecule has 12 heteroatoms. The minimum absolute atomic E-state index is 0.0177. The highest BCUT2D eigenvalue weighted by Crippen LogP contribution is 2.33. The number of benzene rings is 2. The van der Waals surface area contributed by atoms with Gasteiger partial charge in [0, 0.05) is 6.54 Å². The zero-order valence-electron chi connectivity index (χ0n) is 17.8. The van der Waals surface area contributed by atoms with E-state index >= 15 is 0 Å². The molecule has 0 saturated carbocycles. The molecule has 1 amide bonds. The van der Waals surface area contributed by atoms with Crippen molar-refractivity contribution in [3.8, 4) is 17.1 Å². The van der Waals surface area contributed by atoms with E-state index in [2.05, 4.69) is 20.5 Å². The largest absolute Gasteiger partial charge is 0.419 e. The second-order valence-electron chi connectivity index (χ2n) is 7.27. The highest BCUT2D eigenvalue weighted by molar-refractivity contribution is 6.33. The van der Waals surface area contributed by atoms with Gasteiger partial charge in [-0.2, -0.15) is 13.2 Å². The fraction of sp³-hybridized carbons (Fsp3) is 0.227. The molecule has 0 spiro atoms. The number of aromatic nitrogens is 5. The number of para-hydroxylation sites is 1. The number of hydrogen-bond donors (Lipinski definition) is 0. The molecule has 0 fully saturated rings. The maximum Gasteiger partial charge on any atom is 0.418 e. The van der Waals surface area contributed by atoms with Gasteiger partial charge in [-0.1, -0.05) is 48.0 Å². The lowest BCUT2D eigenvalue weighted by Gasteiger charge is -2.18.